The van der Waals surface area contributed by atoms with E-state index in [-0.39, 0.29) is 0 Å². The van der Waals surface area contributed by atoms with Gasteiger partial charge in [0.15, 0.2) is 0 Å². The first-order chi connectivity index (χ1) is 8.60. The molecule has 0 aromatic carbocycles. The lowest BCUT2D eigenvalue weighted by molar-refractivity contribution is -0.0261. The molecule has 0 saturated heterocycles. The van der Waals surface area contributed by atoms with Gasteiger partial charge >= 0.3 is 0 Å². The van der Waals surface area contributed by atoms with Crippen molar-refractivity contribution in [2.75, 3.05) is 7.05 Å². The molecule has 0 unspecified atom stereocenters. The molecule has 2 nitrogen and oxygen atoms in total. The van der Waals surface area contributed by atoms with Crippen LogP contribution in [-0.4, -0.2) is 24.3 Å². The van der Waals surface area contributed by atoms with Gasteiger partial charge in [0.1, 0.15) is 0 Å². The van der Waals surface area contributed by atoms with Crippen molar-refractivity contribution in [2.45, 2.75) is 64.8 Å². The van der Waals surface area contributed by atoms with Crippen molar-refractivity contribution in [1.29, 1.82) is 0 Å². The summed E-state index contributed by atoms with van der Waals surface area (Å²) in [5.41, 5.74) is 3.51. The number of hydrogen-bond donors (Lipinski definition) is 0. The number of rotatable bonds is 4. The van der Waals surface area contributed by atoms with Gasteiger partial charge in [-0.3, -0.25) is 0 Å². The zero-order chi connectivity index (χ0) is 12.8. The lowest BCUT2D eigenvalue weighted by Crippen LogP contribution is -2.52. The minimum absolute atomic E-state index is 0.756. The van der Waals surface area contributed by atoms with Crippen LogP contribution in [0.25, 0.3) is 0 Å². The Balaban J connectivity index is 1.54. The molecular formula is C16H26N2. The average Bonchev–Trinajstić information content (AvgIpc) is 2.97. The summed E-state index contributed by atoms with van der Waals surface area (Å²) in [6.45, 7) is 4.38. The summed E-state index contributed by atoms with van der Waals surface area (Å²) in [5.74, 6) is 0.763. The Morgan fingerprint density at radius 2 is 1.89 bits per heavy atom. The van der Waals surface area contributed by atoms with Crippen LogP contribution in [0.15, 0.2) is 16.3 Å². The molecule has 100 valence electrons. The third-order valence-corrected chi connectivity index (χ3v) is 5.18. The summed E-state index contributed by atoms with van der Waals surface area (Å²) in [6.07, 6.45) is 12.0. The molecule has 0 aliphatic heterocycles. The minimum atomic E-state index is 0.756. The van der Waals surface area contributed by atoms with E-state index in [2.05, 4.69) is 32.1 Å². The third-order valence-electron chi connectivity index (χ3n) is 5.18. The first-order valence-corrected chi connectivity index (χ1v) is 7.53. The predicted molar refractivity (Wildman–Crippen MR) is 76.7 cm³/mol. The second kappa shape index (κ2) is 4.40. The van der Waals surface area contributed by atoms with Crippen LogP contribution < -0.4 is 0 Å². The van der Waals surface area contributed by atoms with Crippen LogP contribution in [0.5, 0.6) is 0 Å². The summed E-state index contributed by atoms with van der Waals surface area (Å²) < 4.78 is 0. The van der Waals surface area contributed by atoms with E-state index in [1.807, 2.05) is 0 Å². The summed E-state index contributed by atoms with van der Waals surface area (Å²) >= 11 is 0. The van der Waals surface area contributed by atoms with Gasteiger partial charge in [-0.15, -0.1) is 0 Å². The van der Waals surface area contributed by atoms with Crippen molar-refractivity contribution in [1.82, 2.24) is 4.90 Å². The summed E-state index contributed by atoms with van der Waals surface area (Å²) in [6, 6.07) is 0.756. The molecule has 2 heteroatoms. The van der Waals surface area contributed by atoms with Gasteiger partial charge in [0.2, 0.25) is 0 Å². The molecule has 0 bridgehead atoms. The number of hydrogen-bond acceptors (Lipinski definition) is 1. The highest BCUT2D eigenvalue weighted by atomic mass is 15.2. The Morgan fingerprint density at radius 3 is 2.33 bits per heavy atom. The Hall–Kier alpha value is -0.790. The first-order valence-electron chi connectivity index (χ1n) is 7.53. The Kier molecular flexibility index (Phi) is 2.99. The number of nitrogens with zero attached hydrogens (tertiary/aromatic N) is 2. The van der Waals surface area contributed by atoms with E-state index in [4.69, 9.17) is 4.99 Å². The first kappa shape index (κ1) is 12.3. The Morgan fingerprint density at radius 1 is 1.22 bits per heavy atom. The van der Waals surface area contributed by atoms with Gasteiger partial charge in [-0.2, -0.15) is 0 Å². The lowest BCUT2D eigenvalue weighted by atomic mass is 9.54. The van der Waals surface area contributed by atoms with Crippen molar-refractivity contribution in [3.05, 3.63) is 11.3 Å². The lowest BCUT2D eigenvalue weighted by Gasteiger charge is -2.56. The SMILES string of the molecule is CC(C)=C(N=CN(C)C1CC2(CCC2)C1)C1CC1. The van der Waals surface area contributed by atoms with Crippen molar-refractivity contribution in [2.24, 2.45) is 16.3 Å². The van der Waals surface area contributed by atoms with Crippen molar-refractivity contribution in [3.63, 3.8) is 0 Å². The van der Waals surface area contributed by atoms with Gasteiger partial charge in [0.05, 0.1) is 6.34 Å². The van der Waals surface area contributed by atoms with E-state index < -0.39 is 0 Å². The van der Waals surface area contributed by atoms with Crippen LogP contribution in [0.4, 0.5) is 0 Å². The molecule has 3 rings (SSSR count). The maximum absolute atomic E-state index is 4.76. The molecule has 3 aliphatic carbocycles. The Labute approximate surface area is 111 Å². The van der Waals surface area contributed by atoms with E-state index in [9.17, 15) is 0 Å². The molecule has 1 spiro atoms. The second-order valence-corrected chi connectivity index (χ2v) is 6.99. The highest BCUT2D eigenvalue weighted by molar-refractivity contribution is 5.57. The second-order valence-electron chi connectivity index (χ2n) is 6.99. The smallest absolute Gasteiger partial charge is 0.0908 e. The highest BCUT2D eigenvalue weighted by Gasteiger charge is 2.49. The number of aliphatic imine (C=N–C) groups is 1. The third kappa shape index (κ3) is 2.22. The van der Waals surface area contributed by atoms with E-state index in [1.165, 1.54) is 56.2 Å². The van der Waals surface area contributed by atoms with Gasteiger partial charge in [-0.05, 0) is 57.8 Å². The highest BCUT2D eigenvalue weighted by Crippen LogP contribution is 2.56. The zero-order valence-electron chi connectivity index (χ0n) is 12.1. The van der Waals surface area contributed by atoms with Crippen LogP contribution in [0.3, 0.4) is 0 Å². The number of allylic oxidation sites excluding steroid dienone is 2. The van der Waals surface area contributed by atoms with Gasteiger partial charge < -0.3 is 4.90 Å². The van der Waals surface area contributed by atoms with Gasteiger partial charge in [-0.1, -0.05) is 12.0 Å². The fourth-order valence-corrected chi connectivity index (χ4v) is 3.56. The fraction of sp³-hybridized carbons (Fsp3) is 0.812. The Bertz CT molecular complexity index is 374. The average molecular weight is 246 g/mol. The van der Waals surface area contributed by atoms with Crippen LogP contribution >= 0.6 is 0 Å². The molecular weight excluding hydrogens is 220 g/mol. The molecule has 0 radical (unpaired) electrons. The van der Waals surface area contributed by atoms with Crippen LogP contribution in [0.2, 0.25) is 0 Å². The topological polar surface area (TPSA) is 15.6 Å². The summed E-state index contributed by atoms with van der Waals surface area (Å²) in [4.78, 5) is 7.12. The maximum Gasteiger partial charge on any atom is 0.0908 e. The van der Waals surface area contributed by atoms with E-state index in [0.717, 1.165) is 17.4 Å². The van der Waals surface area contributed by atoms with Crippen molar-refractivity contribution >= 4 is 6.34 Å². The molecule has 0 aromatic heterocycles. The summed E-state index contributed by atoms with van der Waals surface area (Å²) in [5, 5.41) is 0. The van der Waals surface area contributed by atoms with Gasteiger partial charge in [0, 0.05) is 24.7 Å². The predicted octanol–water partition coefficient (Wildman–Crippen LogP) is 3.98. The monoisotopic (exact) mass is 246 g/mol. The molecule has 3 aliphatic rings. The van der Waals surface area contributed by atoms with Crippen LogP contribution in [-0.2, 0) is 0 Å². The minimum Gasteiger partial charge on any atom is -0.363 e. The fourth-order valence-electron chi connectivity index (χ4n) is 3.56. The zero-order valence-corrected chi connectivity index (χ0v) is 12.1. The van der Waals surface area contributed by atoms with E-state index in [1.54, 1.807) is 0 Å². The van der Waals surface area contributed by atoms with Gasteiger partial charge in [0.25, 0.3) is 0 Å². The van der Waals surface area contributed by atoms with Crippen LogP contribution in [0.1, 0.15) is 58.8 Å². The molecule has 0 aromatic rings. The molecule has 0 heterocycles. The molecule has 0 N–H and O–H groups in total. The maximum atomic E-state index is 4.76. The quantitative estimate of drug-likeness (QED) is 0.541. The van der Waals surface area contributed by atoms with E-state index in [0.29, 0.717) is 0 Å². The van der Waals surface area contributed by atoms with E-state index >= 15 is 0 Å². The molecule has 0 atom stereocenters. The van der Waals surface area contributed by atoms with Crippen molar-refractivity contribution < 1.29 is 0 Å². The normalized spacial score (nSPS) is 25.9. The van der Waals surface area contributed by atoms with Crippen molar-refractivity contribution in [3.8, 4) is 0 Å². The molecule has 3 fully saturated rings. The molecule has 3 saturated carbocycles. The summed E-state index contributed by atoms with van der Waals surface area (Å²) in [7, 11) is 2.20. The largest absolute Gasteiger partial charge is 0.363 e. The van der Waals surface area contributed by atoms with Crippen LogP contribution in [0, 0.1) is 11.3 Å². The standard InChI is InChI=1S/C16H26N2/c1-12(2)15(13-5-6-13)17-11-18(3)14-9-16(10-14)7-4-8-16/h11,13-14H,4-10H2,1-3H3. The molecule has 0 amide bonds. The van der Waals surface area contributed by atoms with Gasteiger partial charge in [-0.25, -0.2) is 4.99 Å². The molecule has 18 heavy (non-hydrogen) atoms.